The normalized spacial score (nSPS) is 11.8. The smallest absolute Gasteiger partial charge is 0.104 e. The Morgan fingerprint density at radius 1 is 0.615 bits per heavy atom. The van der Waals surface area contributed by atoms with E-state index in [1.807, 2.05) is 0 Å². The summed E-state index contributed by atoms with van der Waals surface area (Å²) in [5, 5.41) is 0. The zero-order valence-corrected chi connectivity index (χ0v) is 18.4. The topological polar surface area (TPSA) is 0 Å². The van der Waals surface area contributed by atoms with Gasteiger partial charge in [0.15, 0.2) is 0 Å². The number of quaternary nitrogens is 1. The van der Waals surface area contributed by atoms with Gasteiger partial charge in [0.1, 0.15) is 6.54 Å². The molecule has 0 N–H and O–H groups in total. The van der Waals surface area contributed by atoms with Crippen LogP contribution >= 0.6 is 0 Å². The average Bonchev–Trinajstić information content (AvgIpc) is 2.68. The first kappa shape index (κ1) is 23.2. The van der Waals surface area contributed by atoms with Crippen molar-refractivity contribution < 1.29 is 4.48 Å². The molecule has 0 fully saturated rings. The van der Waals surface area contributed by atoms with Crippen LogP contribution in [0.15, 0.2) is 24.3 Å². The molecule has 1 aromatic rings. The summed E-state index contributed by atoms with van der Waals surface area (Å²) >= 11 is 0. The fourth-order valence-corrected chi connectivity index (χ4v) is 4.09. The molecule has 0 aromatic heterocycles. The third-order valence-electron chi connectivity index (χ3n) is 6.34. The van der Waals surface area contributed by atoms with Crippen molar-refractivity contribution in [3.63, 3.8) is 0 Å². The van der Waals surface area contributed by atoms with Crippen LogP contribution in [0, 0.1) is 0 Å². The number of benzene rings is 1. The monoisotopic (exact) mass is 360 g/mol. The van der Waals surface area contributed by atoms with Gasteiger partial charge >= 0.3 is 0 Å². The van der Waals surface area contributed by atoms with Gasteiger partial charge in [-0.1, -0.05) is 89.0 Å². The Labute approximate surface area is 164 Å². The van der Waals surface area contributed by atoms with Gasteiger partial charge in [0.05, 0.1) is 19.6 Å². The van der Waals surface area contributed by atoms with Gasteiger partial charge in [0, 0.05) is 5.56 Å². The predicted octanol–water partition coefficient (Wildman–Crippen LogP) is 7.53. The summed E-state index contributed by atoms with van der Waals surface area (Å²) in [6, 6.07) is 9.41. The standard InChI is InChI=1S/C25H46N/c1-5-9-10-11-12-13-14-15-16-17-19-24-20-18-21-25(22-24)23-26(6-2,7-3)8-4/h18,20-22H,5-17,19,23H2,1-4H3/q+1. The molecule has 1 rings (SSSR count). The van der Waals surface area contributed by atoms with Crippen LogP contribution in [0.1, 0.15) is 103 Å². The summed E-state index contributed by atoms with van der Waals surface area (Å²) in [5.74, 6) is 0. The second kappa shape index (κ2) is 14.3. The molecule has 0 atom stereocenters. The molecule has 0 spiro atoms. The largest absolute Gasteiger partial charge is 0.321 e. The molecular formula is C25H46N+. The maximum absolute atomic E-state index is 2.47. The molecule has 0 amide bonds. The molecule has 1 heteroatoms. The summed E-state index contributed by atoms with van der Waals surface area (Å²) in [6.45, 7) is 14.2. The van der Waals surface area contributed by atoms with E-state index in [2.05, 4.69) is 52.0 Å². The first-order valence-corrected chi connectivity index (χ1v) is 11.6. The minimum Gasteiger partial charge on any atom is -0.321 e. The molecule has 0 radical (unpaired) electrons. The van der Waals surface area contributed by atoms with Gasteiger partial charge < -0.3 is 4.48 Å². The molecule has 0 saturated carbocycles. The first-order valence-electron chi connectivity index (χ1n) is 11.6. The fraction of sp³-hybridized carbons (Fsp3) is 0.760. The van der Waals surface area contributed by atoms with E-state index in [0.29, 0.717) is 0 Å². The van der Waals surface area contributed by atoms with Gasteiger partial charge in [-0.3, -0.25) is 0 Å². The van der Waals surface area contributed by atoms with E-state index in [9.17, 15) is 0 Å². The van der Waals surface area contributed by atoms with E-state index >= 15 is 0 Å². The van der Waals surface area contributed by atoms with Crippen LogP contribution in [0.5, 0.6) is 0 Å². The van der Waals surface area contributed by atoms with Crippen molar-refractivity contribution in [1.82, 2.24) is 0 Å². The number of aryl methyl sites for hydroxylation is 1. The van der Waals surface area contributed by atoms with Gasteiger partial charge in [0.25, 0.3) is 0 Å². The van der Waals surface area contributed by atoms with Crippen molar-refractivity contribution in [1.29, 1.82) is 0 Å². The van der Waals surface area contributed by atoms with E-state index in [1.54, 1.807) is 5.56 Å². The van der Waals surface area contributed by atoms with Gasteiger partial charge in [-0.15, -0.1) is 0 Å². The van der Waals surface area contributed by atoms with E-state index in [0.717, 1.165) is 0 Å². The van der Waals surface area contributed by atoms with Gasteiger partial charge in [-0.05, 0) is 39.2 Å². The van der Waals surface area contributed by atoms with Crippen LogP contribution in [0.25, 0.3) is 0 Å². The van der Waals surface area contributed by atoms with Crippen molar-refractivity contribution in [2.45, 2.75) is 105 Å². The number of hydrogen-bond donors (Lipinski definition) is 0. The number of nitrogens with zero attached hydrogens (tertiary/aromatic N) is 1. The van der Waals surface area contributed by atoms with Crippen molar-refractivity contribution in [2.75, 3.05) is 19.6 Å². The summed E-state index contributed by atoms with van der Waals surface area (Å²) in [6.07, 6.45) is 15.5. The predicted molar refractivity (Wildman–Crippen MR) is 118 cm³/mol. The van der Waals surface area contributed by atoms with Crippen molar-refractivity contribution in [2.24, 2.45) is 0 Å². The number of hydrogen-bond acceptors (Lipinski definition) is 0. The van der Waals surface area contributed by atoms with Crippen molar-refractivity contribution >= 4 is 0 Å². The Bertz CT molecular complexity index is 439. The molecular weight excluding hydrogens is 314 g/mol. The highest BCUT2D eigenvalue weighted by molar-refractivity contribution is 5.23. The lowest BCUT2D eigenvalue weighted by atomic mass is 10.0. The molecule has 1 nitrogen and oxygen atoms in total. The molecule has 0 unspecified atom stereocenters. The molecule has 0 saturated heterocycles. The van der Waals surface area contributed by atoms with Crippen LogP contribution in [0.4, 0.5) is 0 Å². The van der Waals surface area contributed by atoms with Crippen LogP contribution in [0.2, 0.25) is 0 Å². The highest BCUT2D eigenvalue weighted by Gasteiger charge is 2.21. The van der Waals surface area contributed by atoms with Crippen LogP contribution in [-0.2, 0) is 13.0 Å². The summed E-state index contributed by atoms with van der Waals surface area (Å²) in [4.78, 5) is 0. The molecule has 0 heterocycles. The SMILES string of the molecule is CCCCCCCCCCCCc1cccc(C[N+](CC)(CC)CC)c1. The average molecular weight is 361 g/mol. The van der Waals surface area contributed by atoms with Gasteiger partial charge in [-0.2, -0.15) is 0 Å². The Morgan fingerprint density at radius 3 is 1.65 bits per heavy atom. The summed E-state index contributed by atoms with van der Waals surface area (Å²) in [7, 11) is 0. The lowest BCUT2D eigenvalue weighted by molar-refractivity contribution is -0.936. The van der Waals surface area contributed by atoms with Gasteiger partial charge in [0.2, 0.25) is 0 Å². The Balaban J connectivity index is 2.24. The minimum atomic E-state index is 1.19. The molecule has 0 aliphatic carbocycles. The molecule has 0 aliphatic rings. The highest BCUT2D eigenvalue weighted by Crippen LogP contribution is 2.17. The number of unbranched alkanes of at least 4 members (excludes halogenated alkanes) is 9. The third-order valence-corrected chi connectivity index (χ3v) is 6.34. The Hall–Kier alpha value is -0.820. The van der Waals surface area contributed by atoms with Gasteiger partial charge in [-0.25, -0.2) is 0 Å². The maximum atomic E-state index is 2.47. The van der Waals surface area contributed by atoms with E-state index in [1.165, 1.54) is 107 Å². The zero-order valence-electron chi connectivity index (χ0n) is 18.4. The first-order chi connectivity index (χ1) is 12.7. The minimum absolute atomic E-state index is 1.19. The van der Waals surface area contributed by atoms with Crippen LogP contribution in [-0.4, -0.2) is 24.1 Å². The molecule has 26 heavy (non-hydrogen) atoms. The van der Waals surface area contributed by atoms with E-state index in [4.69, 9.17) is 0 Å². The molecule has 150 valence electrons. The summed E-state index contributed by atoms with van der Waals surface area (Å²) < 4.78 is 1.21. The van der Waals surface area contributed by atoms with Crippen LogP contribution < -0.4 is 0 Å². The van der Waals surface area contributed by atoms with E-state index < -0.39 is 0 Å². The second-order valence-electron chi connectivity index (χ2n) is 8.20. The van der Waals surface area contributed by atoms with E-state index in [-0.39, 0.29) is 0 Å². The lowest BCUT2D eigenvalue weighted by Crippen LogP contribution is -2.46. The lowest BCUT2D eigenvalue weighted by Gasteiger charge is -2.36. The Kier molecular flexibility index (Phi) is 12.7. The second-order valence-corrected chi connectivity index (χ2v) is 8.20. The number of rotatable bonds is 16. The van der Waals surface area contributed by atoms with Crippen molar-refractivity contribution in [3.05, 3.63) is 35.4 Å². The molecule has 0 aliphatic heterocycles. The highest BCUT2D eigenvalue weighted by atomic mass is 15.3. The van der Waals surface area contributed by atoms with Crippen LogP contribution in [0.3, 0.4) is 0 Å². The fourth-order valence-electron chi connectivity index (χ4n) is 4.09. The molecule has 0 bridgehead atoms. The maximum Gasteiger partial charge on any atom is 0.104 e. The van der Waals surface area contributed by atoms with Crippen molar-refractivity contribution in [3.8, 4) is 0 Å². The molecule has 1 aromatic carbocycles. The third kappa shape index (κ3) is 9.21. The zero-order chi connectivity index (χ0) is 19.1. The quantitative estimate of drug-likeness (QED) is 0.211. The summed E-state index contributed by atoms with van der Waals surface area (Å²) in [5.41, 5.74) is 3.07. The Morgan fingerprint density at radius 2 is 1.12 bits per heavy atom.